The van der Waals surface area contributed by atoms with E-state index in [0.717, 1.165) is 4.90 Å². The number of imide groups is 2. The summed E-state index contributed by atoms with van der Waals surface area (Å²) < 4.78 is 32.9. The van der Waals surface area contributed by atoms with Crippen LogP contribution in [0.25, 0.3) is 0 Å². The van der Waals surface area contributed by atoms with E-state index in [1.165, 1.54) is 22.5 Å². The molecule has 1 fully saturated rings. The standard InChI is InChI=1S/C29H39N5O8S/c1-17(18(2)30)19-10-12-23(19)43(40,41)33(3)15-6-4-5-14-31-25(36)16-42-22-9-7-8-20-26(22)29(39)34(28(20)38)21-11-13-24(35)32-27(21)37/h7-10,12,17-19,21,23H,4-6,11,13-16,30H2,1-3H3,(H,31,36)(H,32,35,37)/t17-,18+,19-,21?,23?/m0/s1. The monoisotopic (exact) mass is 617 g/mol. The highest BCUT2D eigenvalue weighted by Crippen LogP contribution is 2.35. The minimum atomic E-state index is -3.47. The molecule has 1 aromatic carbocycles. The molecule has 0 bridgehead atoms. The van der Waals surface area contributed by atoms with Crippen LogP contribution >= 0.6 is 0 Å². The van der Waals surface area contributed by atoms with Crippen molar-refractivity contribution in [1.82, 2.24) is 19.8 Å². The maximum Gasteiger partial charge on any atom is 0.266 e. The number of sulfonamides is 1. The number of carbonyl (C=O) groups excluding carboxylic acids is 5. The minimum absolute atomic E-state index is 0.00952. The van der Waals surface area contributed by atoms with Crippen LogP contribution in [0.5, 0.6) is 5.75 Å². The molecule has 4 rings (SSSR count). The van der Waals surface area contributed by atoms with Gasteiger partial charge in [0.15, 0.2) is 6.61 Å². The SMILES string of the molecule is C[C@H]([C@@H]1C=CC1S(=O)(=O)N(C)CCCCCNC(=O)COc1cccc2c1C(=O)N(C1CCC(=O)NC1=O)C2=O)[C@@H](C)N. The van der Waals surface area contributed by atoms with Gasteiger partial charge >= 0.3 is 0 Å². The normalized spacial score (nSPS) is 23.1. The van der Waals surface area contributed by atoms with Crippen molar-refractivity contribution in [3.63, 3.8) is 0 Å². The van der Waals surface area contributed by atoms with Gasteiger partial charge in [-0.15, -0.1) is 0 Å². The minimum Gasteiger partial charge on any atom is -0.483 e. The average molecular weight is 618 g/mol. The Kier molecular flexibility index (Phi) is 10.0. The lowest BCUT2D eigenvalue weighted by molar-refractivity contribution is -0.136. The molecule has 13 nitrogen and oxygen atoms in total. The molecular formula is C29H39N5O8S. The molecule has 3 aliphatic rings. The van der Waals surface area contributed by atoms with Crippen LogP contribution in [-0.4, -0.2) is 91.2 Å². The number of carbonyl (C=O) groups is 5. The zero-order valence-electron chi connectivity index (χ0n) is 24.6. The van der Waals surface area contributed by atoms with Crippen LogP contribution in [0.2, 0.25) is 0 Å². The van der Waals surface area contributed by atoms with E-state index >= 15 is 0 Å². The van der Waals surface area contributed by atoms with Crippen molar-refractivity contribution in [2.45, 2.75) is 63.3 Å². The van der Waals surface area contributed by atoms with Crippen molar-refractivity contribution in [2.24, 2.45) is 17.6 Å². The van der Waals surface area contributed by atoms with Gasteiger partial charge in [0.1, 0.15) is 17.0 Å². The number of nitrogens with two attached hydrogens (primary N) is 1. The van der Waals surface area contributed by atoms with Gasteiger partial charge in [0.2, 0.25) is 21.8 Å². The number of allylic oxidation sites excluding steroid dienone is 1. The third-order valence-electron chi connectivity index (χ3n) is 8.38. The zero-order valence-corrected chi connectivity index (χ0v) is 25.4. The summed E-state index contributed by atoms with van der Waals surface area (Å²) in [7, 11) is -1.89. The second-order valence-corrected chi connectivity index (χ2v) is 13.5. The lowest BCUT2D eigenvalue weighted by atomic mass is 9.80. The Morgan fingerprint density at radius 2 is 1.88 bits per heavy atom. The Morgan fingerprint density at radius 1 is 1.14 bits per heavy atom. The Balaban J connectivity index is 1.19. The Labute approximate surface area is 251 Å². The molecule has 1 aliphatic carbocycles. The molecule has 5 amide bonds. The number of rotatable bonds is 14. The van der Waals surface area contributed by atoms with Gasteiger partial charge in [0.25, 0.3) is 17.7 Å². The number of nitrogens with zero attached hydrogens (tertiary/aromatic N) is 2. The van der Waals surface area contributed by atoms with Gasteiger partial charge in [0.05, 0.1) is 11.1 Å². The third kappa shape index (κ3) is 6.81. The predicted molar refractivity (Wildman–Crippen MR) is 156 cm³/mol. The Bertz CT molecular complexity index is 1430. The first-order chi connectivity index (χ1) is 20.3. The smallest absolute Gasteiger partial charge is 0.266 e. The Morgan fingerprint density at radius 3 is 2.53 bits per heavy atom. The molecule has 1 saturated heterocycles. The number of ether oxygens (including phenoxy) is 1. The summed E-state index contributed by atoms with van der Waals surface area (Å²) >= 11 is 0. The predicted octanol–water partition coefficient (Wildman–Crippen LogP) is 0.553. The Hall–Kier alpha value is -3.62. The van der Waals surface area contributed by atoms with Gasteiger partial charge in [-0.2, -0.15) is 0 Å². The molecule has 234 valence electrons. The molecular weight excluding hydrogens is 578 g/mol. The van der Waals surface area contributed by atoms with Crippen LogP contribution in [0, 0.1) is 11.8 Å². The molecule has 1 aromatic rings. The van der Waals surface area contributed by atoms with E-state index in [-0.39, 0.29) is 47.6 Å². The van der Waals surface area contributed by atoms with Crippen molar-refractivity contribution in [1.29, 1.82) is 0 Å². The third-order valence-corrected chi connectivity index (χ3v) is 10.6. The first-order valence-electron chi connectivity index (χ1n) is 14.5. The number of benzene rings is 1. The van der Waals surface area contributed by atoms with Crippen LogP contribution < -0.4 is 21.1 Å². The van der Waals surface area contributed by atoms with E-state index in [4.69, 9.17) is 10.5 Å². The number of nitrogens with one attached hydrogen (secondary N) is 2. The van der Waals surface area contributed by atoms with Crippen molar-refractivity contribution in [3.8, 4) is 5.75 Å². The lowest BCUT2D eigenvalue weighted by Crippen LogP contribution is -2.54. The van der Waals surface area contributed by atoms with Gasteiger partial charge in [-0.25, -0.2) is 12.7 Å². The van der Waals surface area contributed by atoms with E-state index in [1.54, 1.807) is 13.1 Å². The fraction of sp³-hybridized carbons (Fsp3) is 0.552. The maximum atomic E-state index is 13.1. The number of amides is 5. The molecule has 0 spiro atoms. The highest BCUT2D eigenvalue weighted by atomic mass is 32.2. The summed E-state index contributed by atoms with van der Waals surface area (Å²) in [6.07, 6.45) is 5.63. The summed E-state index contributed by atoms with van der Waals surface area (Å²) in [5.41, 5.74) is 6.00. The molecule has 0 saturated carbocycles. The van der Waals surface area contributed by atoms with Crippen molar-refractivity contribution < 1.29 is 37.1 Å². The maximum absolute atomic E-state index is 13.1. The number of piperidine rings is 1. The molecule has 4 N–H and O–H groups in total. The summed E-state index contributed by atoms with van der Waals surface area (Å²) in [6, 6.07) is 3.22. The molecule has 2 unspecified atom stereocenters. The lowest BCUT2D eigenvalue weighted by Gasteiger charge is -2.37. The summed E-state index contributed by atoms with van der Waals surface area (Å²) in [5, 5.41) is 4.32. The quantitative estimate of drug-likeness (QED) is 0.152. The average Bonchev–Trinajstić information content (AvgIpc) is 3.18. The largest absolute Gasteiger partial charge is 0.483 e. The van der Waals surface area contributed by atoms with Crippen LogP contribution in [0.4, 0.5) is 0 Å². The van der Waals surface area contributed by atoms with E-state index in [1.807, 2.05) is 19.9 Å². The van der Waals surface area contributed by atoms with E-state index in [0.29, 0.717) is 32.4 Å². The number of fused-ring (bicyclic) bond motifs is 1. The number of unbranched alkanes of at least 4 members (excludes halogenated alkanes) is 2. The van der Waals surface area contributed by atoms with Gasteiger partial charge in [0, 0.05) is 38.5 Å². The van der Waals surface area contributed by atoms with Gasteiger partial charge in [-0.1, -0.05) is 31.6 Å². The molecule has 14 heteroatoms. The summed E-state index contributed by atoms with van der Waals surface area (Å²) in [5.74, 6) is -2.97. The van der Waals surface area contributed by atoms with Gasteiger partial charge in [-0.3, -0.25) is 34.2 Å². The molecule has 0 radical (unpaired) electrons. The van der Waals surface area contributed by atoms with Crippen molar-refractivity contribution >= 4 is 39.6 Å². The molecule has 2 aliphatic heterocycles. The molecule has 43 heavy (non-hydrogen) atoms. The van der Waals surface area contributed by atoms with Crippen LogP contribution in [0.3, 0.4) is 0 Å². The summed E-state index contributed by atoms with van der Waals surface area (Å²) in [4.78, 5) is 63.0. The topological polar surface area (TPSA) is 185 Å². The van der Waals surface area contributed by atoms with E-state index in [2.05, 4.69) is 10.6 Å². The van der Waals surface area contributed by atoms with Crippen LogP contribution in [0.1, 0.15) is 66.7 Å². The summed E-state index contributed by atoms with van der Waals surface area (Å²) in [6.45, 7) is 4.17. The van der Waals surface area contributed by atoms with Crippen LogP contribution in [0.15, 0.2) is 30.4 Å². The molecule has 2 heterocycles. The second-order valence-electron chi connectivity index (χ2n) is 11.3. The molecule has 0 aromatic heterocycles. The second kappa shape index (κ2) is 13.3. The first-order valence-corrected chi connectivity index (χ1v) is 16.0. The number of hydrogen-bond acceptors (Lipinski definition) is 9. The number of hydrogen-bond donors (Lipinski definition) is 3. The fourth-order valence-corrected chi connectivity index (χ4v) is 7.27. The van der Waals surface area contributed by atoms with E-state index in [9.17, 15) is 32.4 Å². The highest BCUT2D eigenvalue weighted by molar-refractivity contribution is 7.90. The van der Waals surface area contributed by atoms with Crippen molar-refractivity contribution in [2.75, 3.05) is 26.7 Å². The van der Waals surface area contributed by atoms with Gasteiger partial charge in [-0.05, 0) is 44.2 Å². The van der Waals surface area contributed by atoms with Gasteiger partial charge < -0.3 is 15.8 Å². The highest BCUT2D eigenvalue weighted by Gasteiger charge is 2.46. The first kappa shape index (κ1) is 32.3. The van der Waals surface area contributed by atoms with Crippen LogP contribution in [-0.2, 0) is 24.4 Å². The van der Waals surface area contributed by atoms with E-state index < -0.39 is 57.5 Å². The molecule has 5 atom stereocenters. The zero-order chi connectivity index (χ0) is 31.5. The van der Waals surface area contributed by atoms with Crippen molar-refractivity contribution in [3.05, 3.63) is 41.5 Å². The fourth-order valence-electron chi connectivity index (χ4n) is 5.45.